The van der Waals surface area contributed by atoms with Gasteiger partial charge in [-0.05, 0) is 12.0 Å². The average molecular weight is 137 g/mol. The van der Waals surface area contributed by atoms with Crippen molar-refractivity contribution in [1.29, 1.82) is 0 Å². The average Bonchev–Trinajstić information content (AvgIpc) is 2.05. The highest BCUT2D eigenvalue weighted by Gasteiger charge is 1.92. The molecule has 0 aliphatic rings. The lowest BCUT2D eigenvalue weighted by molar-refractivity contribution is -0.513. The number of hydrogen-bond donors (Lipinski definition) is 1. The van der Waals surface area contributed by atoms with Crippen molar-refractivity contribution in [3.8, 4) is 0 Å². The van der Waals surface area contributed by atoms with Crippen LogP contribution in [-0.2, 0) is 6.42 Å². The molecule has 0 bridgehead atoms. The number of nitrogens with zero attached hydrogens (tertiary/aromatic N) is 2. The lowest BCUT2D eigenvalue weighted by Gasteiger charge is -1.96. The molecule has 0 saturated heterocycles. The molecule has 0 aliphatic heterocycles. The molecule has 0 saturated carbocycles. The van der Waals surface area contributed by atoms with Gasteiger partial charge in [-0.3, -0.25) is 0 Å². The van der Waals surface area contributed by atoms with Crippen molar-refractivity contribution in [3.05, 3.63) is 25.0 Å². The van der Waals surface area contributed by atoms with Crippen LogP contribution in [0.15, 0.2) is 12.4 Å². The fourth-order valence-electron chi connectivity index (χ4n) is 0.653. The van der Waals surface area contributed by atoms with E-state index in [-0.39, 0.29) is 0 Å². The molecule has 0 aromatic carbocycles. The summed E-state index contributed by atoms with van der Waals surface area (Å²) in [5.74, 6) is 0.692. The van der Waals surface area contributed by atoms with Crippen LogP contribution in [0.3, 0.4) is 0 Å². The molecule has 10 heavy (non-hydrogen) atoms. The highest BCUT2D eigenvalue weighted by atomic mass is 15.1. The van der Waals surface area contributed by atoms with E-state index in [1.165, 1.54) is 0 Å². The van der Waals surface area contributed by atoms with Crippen LogP contribution < -0.4 is 5.32 Å². The van der Waals surface area contributed by atoms with Gasteiger partial charge in [0.05, 0.1) is 0 Å². The highest BCUT2D eigenvalue weighted by molar-refractivity contribution is 5.09. The number of nitrogens with two attached hydrogens (primary N) is 1. The SMILES string of the molecule is [CH2-][NH2+]c1ncc(CC)cn1. The lowest BCUT2D eigenvalue weighted by atomic mass is 10.3. The molecular formula is C7H11N3. The second-order valence-corrected chi connectivity index (χ2v) is 2.01. The molecule has 1 aromatic rings. The number of rotatable bonds is 2. The Labute approximate surface area is 60.5 Å². The van der Waals surface area contributed by atoms with Gasteiger partial charge in [-0.25, -0.2) is 0 Å². The smallest absolute Gasteiger partial charge is 0.298 e. The third kappa shape index (κ3) is 1.51. The molecule has 0 amide bonds. The normalized spacial score (nSPS) is 9.80. The standard InChI is InChI=1S/C7H11N3/c1-3-6-4-9-7(8-2)10-5-6/h4-5H,2-3,8H2,1H3. The number of aromatic nitrogens is 2. The van der Waals surface area contributed by atoms with Crippen LogP contribution in [0.2, 0.25) is 0 Å². The Hall–Kier alpha value is -0.960. The van der Waals surface area contributed by atoms with E-state index in [2.05, 4.69) is 23.9 Å². The van der Waals surface area contributed by atoms with Crippen molar-refractivity contribution < 1.29 is 5.32 Å². The predicted octanol–water partition coefficient (Wildman–Crippen LogP) is 0.0255. The van der Waals surface area contributed by atoms with E-state index in [4.69, 9.17) is 0 Å². The van der Waals surface area contributed by atoms with Gasteiger partial charge in [0.15, 0.2) is 0 Å². The quantitative estimate of drug-likeness (QED) is 0.584. The summed E-state index contributed by atoms with van der Waals surface area (Å²) in [5, 5.41) is 1.64. The fraction of sp³-hybridized carbons (Fsp3) is 0.286. The minimum Gasteiger partial charge on any atom is -0.412 e. The van der Waals surface area contributed by atoms with Crippen molar-refractivity contribution in [3.63, 3.8) is 0 Å². The van der Waals surface area contributed by atoms with Crippen LogP contribution in [-0.4, -0.2) is 9.97 Å². The van der Waals surface area contributed by atoms with E-state index in [0.29, 0.717) is 5.95 Å². The Balaban J connectivity index is 2.80. The first-order valence-electron chi connectivity index (χ1n) is 3.30. The molecule has 0 aliphatic carbocycles. The van der Waals surface area contributed by atoms with Crippen molar-refractivity contribution in [2.75, 3.05) is 0 Å². The minimum atomic E-state index is 0.692. The summed E-state index contributed by atoms with van der Waals surface area (Å²) < 4.78 is 0. The maximum absolute atomic E-state index is 4.04. The molecule has 1 rings (SSSR count). The third-order valence-electron chi connectivity index (χ3n) is 1.32. The van der Waals surface area contributed by atoms with Gasteiger partial charge in [-0.15, -0.1) is 7.05 Å². The first-order valence-corrected chi connectivity index (χ1v) is 3.30. The van der Waals surface area contributed by atoms with Crippen LogP contribution >= 0.6 is 0 Å². The van der Waals surface area contributed by atoms with E-state index in [9.17, 15) is 0 Å². The van der Waals surface area contributed by atoms with Crippen molar-refractivity contribution >= 4 is 5.95 Å². The Morgan fingerprint density at radius 1 is 1.50 bits per heavy atom. The maximum atomic E-state index is 4.04. The summed E-state index contributed by atoms with van der Waals surface area (Å²) in [5.41, 5.74) is 1.16. The van der Waals surface area contributed by atoms with Crippen molar-refractivity contribution in [1.82, 2.24) is 9.97 Å². The summed E-state index contributed by atoms with van der Waals surface area (Å²) in [7, 11) is 3.56. The van der Waals surface area contributed by atoms with Gasteiger partial charge in [-0.1, -0.05) is 6.92 Å². The Morgan fingerprint density at radius 3 is 2.50 bits per heavy atom. The number of hydrogen-bond acceptors (Lipinski definition) is 2. The summed E-state index contributed by atoms with van der Waals surface area (Å²) in [6.45, 7) is 2.08. The topological polar surface area (TPSA) is 42.4 Å². The van der Waals surface area contributed by atoms with E-state index in [1.807, 2.05) is 12.4 Å². The molecule has 0 atom stereocenters. The second kappa shape index (κ2) is 3.27. The summed E-state index contributed by atoms with van der Waals surface area (Å²) >= 11 is 0. The molecule has 2 N–H and O–H groups in total. The van der Waals surface area contributed by atoms with Crippen LogP contribution in [0.1, 0.15) is 12.5 Å². The van der Waals surface area contributed by atoms with Gasteiger partial charge in [0.1, 0.15) is 0 Å². The Morgan fingerprint density at radius 2 is 2.10 bits per heavy atom. The lowest BCUT2D eigenvalue weighted by Crippen LogP contribution is -2.70. The minimum absolute atomic E-state index is 0.692. The number of quaternary nitrogens is 1. The maximum Gasteiger partial charge on any atom is 0.298 e. The van der Waals surface area contributed by atoms with Gasteiger partial charge in [0.2, 0.25) is 0 Å². The van der Waals surface area contributed by atoms with E-state index in [1.54, 1.807) is 5.32 Å². The van der Waals surface area contributed by atoms with Gasteiger partial charge >= 0.3 is 0 Å². The molecule has 3 nitrogen and oxygen atoms in total. The molecular weight excluding hydrogens is 126 g/mol. The molecule has 0 radical (unpaired) electrons. The van der Waals surface area contributed by atoms with Gasteiger partial charge < -0.3 is 5.32 Å². The molecule has 0 spiro atoms. The largest absolute Gasteiger partial charge is 0.412 e. The third-order valence-corrected chi connectivity index (χ3v) is 1.32. The molecule has 1 aromatic heterocycles. The molecule has 0 fully saturated rings. The molecule has 54 valence electrons. The molecule has 1 heterocycles. The Kier molecular flexibility index (Phi) is 2.34. The zero-order valence-electron chi connectivity index (χ0n) is 6.04. The fourth-order valence-corrected chi connectivity index (χ4v) is 0.653. The van der Waals surface area contributed by atoms with Gasteiger partial charge in [0, 0.05) is 12.4 Å². The van der Waals surface area contributed by atoms with Crippen molar-refractivity contribution in [2.45, 2.75) is 13.3 Å². The van der Waals surface area contributed by atoms with E-state index in [0.717, 1.165) is 12.0 Å². The van der Waals surface area contributed by atoms with Crippen molar-refractivity contribution in [2.24, 2.45) is 0 Å². The summed E-state index contributed by atoms with van der Waals surface area (Å²) in [4.78, 5) is 8.08. The van der Waals surface area contributed by atoms with E-state index >= 15 is 0 Å². The zero-order valence-corrected chi connectivity index (χ0v) is 6.04. The first-order chi connectivity index (χ1) is 4.86. The van der Waals surface area contributed by atoms with E-state index < -0.39 is 0 Å². The Bertz CT molecular complexity index is 170. The first kappa shape index (κ1) is 7.15. The summed E-state index contributed by atoms with van der Waals surface area (Å²) in [6.07, 6.45) is 4.63. The van der Waals surface area contributed by atoms with Gasteiger partial charge in [0.25, 0.3) is 5.95 Å². The van der Waals surface area contributed by atoms with Gasteiger partial charge in [-0.2, -0.15) is 9.97 Å². The predicted molar refractivity (Wildman–Crippen MR) is 38.4 cm³/mol. The molecule has 0 unspecified atom stereocenters. The zero-order chi connectivity index (χ0) is 7.40. The van der Waals surface area contributed by atoms with Crippen LogP contribution in [0.5, 0.6) is 0 Å². The monoisotopic (exact) mass is 137 g/mol. The number of aryl methyl sites for hydroxylation is 1. The molecule has 3 heteroatoms. The van der Waals surface area contributed by atoms with Crippen LogP contribution in [0, 0.1) is 7.05 Å². The summed E-state index contributed by atoms with van der Waals surface area (Å²) in [6, 6.07) is 0. The van der Waals surface area contributed by atoms with Crippen LogP contribution in [0.25, 0.3) is 0 Å². The highest BCUT2D eigenvalue weighted by Crippen LogP contribution is 1.95. The van der Waals surface area contributed by atoms with Crippen LogP contribution in [0.4, 0.5) is 5.95 Å². The second-order valence-electron chi connectivity index (χ2n) is 2.01.